The number of hydrogen-bond donors (Lipinski definition) is 2. The molecule has 5 heteroatoms. The summed E-state index contributed by atoms with van der Waals surface area (Å²) in [7, 11) is 0. The van der Waals surface area contributed by atoms with Crippen molar-refractivity contribution in [2.75, 3.05) is 19.6 Å². The predicted molar refractivity (Wildman–Crippen MR) is 83.7 cm³/mol. The molecule has 0 bridgehead atoms. The second-order valence-electron chi connectivity index (χ2n) is 6.01. The number of hydrogen-bond acceptors (Lipinski definition) is 3. The second kappa shape index (κ2) is 7.03. The third-order valence-electron chi connectivity index (χ3n) is 3.87. The van der Waals surface area contributed by atoms with Gasteiger partial charge in [0.25, 0.3) is 5.91 Å². The maximum absolute atomic E-state index is 13.7. The van der Waals surface area contributed by atoms with E-state index in [0.717, 1.165) is 5.57 Å². The van der Waals surface area contributed by atoms with Crippen molar-refractivity contribution in [2.24, 2.45) is 0 Å². The zero-order valence-corrected chi connectivity index (χ0v) is 12.9. The smallest absolute Gasteiger partial charge is 0.256 e. The Labute approximate surface area is 130 Å². The van der Waals surface area contributed by atoms with Gasteiger partial charge in [-0.05, 0) is 25.8 Å². The molecule has 0 saturated carbocycles. The number of rotatable bonds is 6. The van der Waals surface area contributed by atoms with Crippen LogP contribution in [0.1, 0.15) is 25.3 Å². The normalized spacial score (nSPS) is 22.0. The highest BCUT2D eigenvalue weighted by molar-refractivity contribution is 5.86. The Morgan fingerprint density at radius 2 is 2.23 bits per heavy atom. The van der Waals surface area contributed by atoms with Gasteiger partial charge in [-0.2, -0.15) is 0 Å². The SMILES string of the molecule is C=C(C)CNC[C@@]1(O)CCCN(Cc2ccccc2F)C1=O. The average molecular weight is 306 g/mol. The molecule has 0 aliphatic carbocycles. The Morgan fingerprint density at radius 3 is 2.91 bits per heavy atom. The van der Waals surface area contributed by atoms with Crippen LogP contribution in [0.4, 0.5) is 4.39 Å². The lowest BCUT2D eigenvalue weighted by atomic mass is 9.91. The van der Waals surface area contributed by atoms with Crippen LogP contribution in [0.15, 0.2) is 36.4 Å². The van der Waals surface area contributed by atoms with Crippen LogP contribution in [0, 0.1) is 5.82 Å². The fraction of sp³-hybridized carbons (Fsp3) is 0.471. The first-order chi connectivity index (χ1) is 10.4. The highest BCUT2D eigenvalue weighted by Gasteiger charge is 2.41. The summed E-state index contributed by atoms with van der Waals surface area (Å²) in [6, 6.07) is 6.40. The van der Waals surface area contributed by atoms with Crippen molar-refractivity contribution < 1.29 is 14.3 Å². The van der Waals surface area contributed by atoms with Crippen LogP contribution in [0.3, 0.4) is 0 Å². The van der Waals surface area contributed by atoms with Crippen molar-refractivity contribution in [1.29, 1.82) is 0 Å². The molecule has 1 aromatic carbocycles. The monoisotopic (exact) mass is 306 g/mol. The Hall–Kier alpha value is -1.72. The van der Waals surface area contributed by atoms with Gasteiger partial charge in [0.1, 0.15) is 5.82 Å². The molecule has 22 heavy (non-hydrogen) atoms. The molecule has 0 radical (unpaired) electrons. The Bertz CT molecular complexity index is 561. The lowest BCUT2D eigenvalue weighted by Gasteiger charge is -2.38. The summed E-state index contributed by atoms with van der Waals surface area (Å²) in [6.07, 6.45) is 1.12. The molecule has 1 aromatic rings. The van der Waals surface area contributed by atoms with Gasteiger partial charge in [0.15, 0.2) is 5.60 Å². The minimum atomic E-state index is -1.42. The first-order valence-electron chi connectivity index (χ1n) is 7.52. The van der Waals surface area contributed by atoms with E-state index >= 15 is 0 Å². The number of nitrogens with zero attached hydrogens (tertiary/aromatic N) is 1. The summed E-state index contributed by atoms with van der Waals surface area (Å²) in [5, 5.41) is 13.6. The summed E-state index contributed by atoms with van der Waals surface area (Å²) in [6.45, 7) is 7.13. The molecule has 1 aliphatic heterocycles. The van der Waals surface area contributed by atoms with E-state index in [-0.39, 0.29) is 24.8 Å². The number of halogens is 1. The third-order valence-corrected chi connectivity index (χ3v) is 3.87. The van der Waals surface area contributed by atoms with Crippen molar-refractivity contribution in [3.63, 3.8) is 0 Å². The van der Waals surface area contributed by atoms with Gasteiger partial charge in [0.2, 0.25) is 0 Å². The Kier molecular flexibility index (Phi) is 5.32. The van der Waals surface area contributed by atoms with Gasteiger partial charge in [0, 0.05) is 31.7 Å². The fourth-order valence-corrected chi connectivity index (χ4v) is 2.69. The molecule has 0 unspecified atom stereocenters. The summed E-state index contributed by atoms with van der Waals surface area (Å²) < 4.78 is 13.7. The first-order valence-corrected chi connectivity index (χ1v) is 7.52. The number of amides is 1. The lowest BCUT2D eigenvalue weighted by Crippen LogP contribution is -2.57. The molecule has 1 heterocycles. The number of piperidine rings is 1. The number of carbonyl (C=O) groups excluding carboxylic acids is 1. The van der Waals surface area contributed by atoms with Gasteiger partial charge in [-0.25, -0.2) is 4.39 Å². The van der Waals surface area contributed by atoms with E-state index in [4.69, 9.17) is 0 Å². The van der Waals surface area contributed by atoms with Crippen LogP contribution in [0.2, 0.25) is 0 Å². The van der Waals surface area contributed by atoms with E-state index in [1.165, 1.54) is 11.0 Å². The van der Waals surface area contributed by atoms with E-state index in [1.54, 1.807) is 18.2 Å². The number of likely N-dealkylation sites (tertiary alicyclic amines) is 1. The first kappa shape index (κ1) is 16.6. The number of aliphatic hydroxyl groups is 1. The van der Waals surface area contributed by atoms with E-state index < -0.39 is 5.60 Å². The van der Waals surface area contributed by atoms with Crippen molar-refractivity contribution >= 4 is 5.91 Å². The van der Waals surface area contributed by atoms with Gasteiger partial charge in [-0.3, -0.25) is 4.79 Å². The van der Waals surface area contributed by atoms with Crippen LogP contribution < -0.4 is 5.32 Å². The van der Waals surface area contributed by atoms with Crippen molar-refractivity contribution in [1.82, 2.24) is 10.2 Å². The summed E-state index contributed by atoms with van der Waals surface area (Å²) in [5.41, 5.74) is -0.0102. The summed E-state index contributed by atoms with van der Waals surface area (Å²) >= 11 is 0. The van der Waals surface area contributed by atoms with Crippen molar-refractivity contribution in [3.05, 3.63) is 47.8 Å². The maximum atomic E-state index is 13.7. The van der Waals surface area contributed by atoms with Crippen LogP contribution >= 0.6 is 0 Å². The van der Waals surface area contributed by atoms with Gasteiger partial charge < -0.3 is 15.3 Å². The fourth-order valence-electron chi connectivity index (χ4n) is 2.69. The zero-order valence-electron chi connectivity index (χ0n) is 12.9. The molecule has 0 spiro atoms. The largest absolute Gasteiger partial charge is 0.379 e. The average Bonchev–Trinajstić information content (AvgIpc) is 2.46. The van der Waals surface area contributed by atoms with Crippen LogP contribution in [0.25, 0.3) is 0 Å². The van der Waals surface area contributed by atoms with Crippen molar-refractivity contribution in [2.45, 2.75) is 31.9 Å². The molecular weight excluding hydrogens is 283 g/mol. The molecule has 1 aliphatic rings. The molecule has 2 N–H and O–H groups in total. The molecule has 1 atom stereocenters. The van der Waals surface area contributed by atoms with Crippen LogP contribution in [0.5, 0.6) is 0 Å². The molecule has 1 fully saturated rings. The van der Waals surface area contributed by atoms with E-state index in [1.807, 2.05) is 6.92 Å². The molecule has 4 nitrogen and oxygen atoms in total. The topological polar surface area (TPSA) is 52.6 Å². The molecule has 0 aromatic heterocycles. The summed E-state index contributed by atoms with van der Waals surface area (Å²) in [5.74, 6) is -0.666. The predicted octanol–water partition coefficient (Wildman–Crippen LogP) is 1.84. The highest BCUT2D eigenvalue weighted by atomic mass is 19.1. The summed E-state index contributed by atoms with van der Waals surface area (Å²) in [4.78, 5) is 14.1. The minimum Gasteiger partial charge on any atom is -0.379 e. The Balaban J connectivity index is 2.03. The van der Waals surface area contributed by atoms with E-state index in [2.05, 4.69) is 11.9 Å². The molecule has 1 amide bonds. The van der Waals surface area contributed by atoms with E-state index in [0.29, 0.717) is 31.5 Å². The number of nitrogens with one attached hydrogen (secondary N) is 1. The van der Waals surface area contributed by atoms with Gasteiger partial charge >= 0.3 is 0 Å². The minimum absolute atomic E-state index is 0.187. The molecule has 2 rings (SSSR count). The molecule has 120 valence electrons. The number of carbonyl (C=O) groups is 1. The zero-order chi connectivity index (χ0) is 16.2. The van der Waals surface area contributed by atoms with Crippen LogP contribution in [-0.4, -0.2) is 41.1 Å². The lowest BCUT2D eigenvalue weighted by molar-refractivity contribution is -0.157. The molecule has 1 saturated heterocycles. The van der Waals surface area contributed by atoms with Gasteiger partial charge in [-0.1, -0.05) is 30.4 Å². The quantitative estimate of drug-likeness (QED) is 0.789. The maximum Gasteiger partial charge on any atom is 0.256 e. The van der Waals surface area contributed by atoms with Crippen molar-refractivity contribution in [3.8, 4) is 0 Å². The molecular formula is C17H23FN2O2. The third kappa shape index (κ3) is 3.93. The standard InChI is InChI=1S/C17H23FN2O2/c1-13(2)10-19-12-17(22)8-5-9-20(16(17)21)11-14-6-3-4-7-15(14)18/h3-4,6-7,19,22H,1,5,8-12H2,2H3/t17-/m0/s1. The second-order valence-corrected chi connectivity index (χ2v) is 6.01. The van der Waals surface area contributed by atoms with E-state index in [9.17, 15) is 14.3 Å². The van der Waals surface area contributed by atoms with Gasteiger partial charge in [-0.15, -0.1) is 0 Å². The Morgan fingerprint density at radius 1 is 1.50 bits per heavy atom. The van der Waals surface area contributed by atoms with Gasteiger partial charge in [0.05, 0.1) is 0 Å². The van der Waals surface area contributed by atoms with Crippen LogP contribution in [-0.2, 0) is 11.3 Å². The number of benzene rings is 1. The highest BCUT2D eigenvalue weighted by Crippen LogP contribution is 2.24.